The summed E-state index contributed by atoms with van der Waals surface area (Å²) in [7, 11) is 0. The lowest BCUT2D eigenvalue weighted by molar-refractivity contribution is 0.616. The van der Waals surface area contributed by atoms with Gasteiger partial charge in [0.2, 0.25) is 0 Å². The van der Waals surface area contributed by atoms with Gasteiger partial charge < -0.3 is 10.6 Å². The van der Waals surface area contributed by atoms with Crippen LogP contribution >= 0.6 is 0 Å². The molecule has 21 heavy (non-hydrogen) atoms. The maximum atomic E-state index is 4.53. The molecule has 0 unspecified atom stereocenters. The standard InChI is InChI=1S/C17H32N4/c1-5-7-8-9-10-11-13-19-17-14(3)16(18-12-6-2)20-15(4)21-17/h5-13H2,1-4H3,(H2,18,19,20,21). The van der Waals surface area contributed by atoms with Gasteiger partial charge in [0, 0.05) is 18.7 Å². The zero-order chi connectivity index (χ0) is 15.5. The second kappa shape index (κ2) is 10.4. The summed E-state index contributed by atoms with van der Waals surface area (Å²) >= 11 is 0. The third-order valence-corrected chi connectivity index (χ3v) is 3.62. The maximum absolute atomic E-state index is 4.53. The zero-order valence-electron chi connectivity index (χ0n) is 14.3. The number of hydrogen-bond acceptors (Lipinski definition) is 4. The van der Waals surface area contributed by atoms with Gasteiger partial charge >= 0.3 is 0 Å². The van der Waals surface area contributed by atoms with Crippen molar-refractivity contribution in [2.75, 3.05) is 23.7 Å². The molecule has 0 spiro atoms. The second-order valence-corrected chi connectivity index (χ2v) is 5.71. The van der Waals surface area contributed by atoms with Gasteiger partial charge in [0.15, 0.2) is 0 Å². The molecule has 4 heteroatoms. The van der Waals surface area contributed by atoms with Crippen LogP contribution in [0, 0.1) is 13.8 Å². The van der Waals surface area contributed by atoms with Gasteiger partial charge in [-0.05, 0) is 26.7 Å². The summed E-state index contributed by atoms with van der Waals surface area (Å²) < 4.78 is 0. The minimum Gasteiger partial charge on any atom is -0.370 e. The smallest absolute Gasteiger partial charge is 0.134 e. The predicted octanol–water partition coefficient (Wildman–Crippen LogP) is 4.69. The number of hydrogen-bond donors (Lipinski definition) is 2. The number of anilines is 2. The van der Waals surface area contributed by atoms with E-state index in [0.717, 1.165) is 42.5 Å². The van der Waals surface area contributed by atoms with Crippen molar-refractivity contribution < 1.29 is 0 Å². The lowest BCUT2D eigenvalue weighted by Crippen LogP contribution is -2.11. The van der Waals surface area contributed by atoms with Crippen molar-refractivity contribution in [1.29, 1.82) is 0 Å². The first-order valence-electron chi connectivity index (χ1n) is 8.52. The molecule has 1 aromatic rings. The molecule has 0 radical (unpaired) electrons. The van der Waals surface area contributed by atoms with Crippen LogP contribution in [0.25, 0.3) is 0 Å². The number of aryl methyl sites for hydroxylation is 1. The van der Waals surface area contributed by atoms with Crippen LogP contribution in [0.5, 0.6) is 0 Å². The van der Waals surface area contributed by atoms with E-state index in [1.165, 1.54) is 38.5 Å². The molecule has 0 aliphatic carbocycles. The summed E-state index contributed by atoms with van der Waals surface area (Å²) in [6, 6.07) is 0. The van der Waals surface area contributed by atoms with Crippen LogP contribution < -0.4 is 10.6 Å². The number of aromatic nitrogens is 2. The molecule has 2 N–H and O–H groups in total. The molecular formula is C17H32N4. The average Bonchev–Trinajstić information content (AvgIpc) is 2.47. The first kappa shape index (κ1) is 17.7. The molecule has 0 aliphatic heterocycles. The molecule has 0 atom stereocenters. The Kier molecular flexibility index (Phi) is 8.79. The Morgan fingerprint density at radius 2 is 1.29 bits per heavy atom. The van der Waals surface area contributed by atoms with Crippen LogP contribution in [0.2, 0.25) is 0 Å². The lowest BCUT2D eigenvalue weighted by atomic mass is 10.1. The molecule has 0 bridgehead atoms. The largest absolute Gasteiger partial charge is 0.370 e. The molecule has 0 fully saturated rings. The Labute approximate surface area is 130 Å². The summed E-state index contributed by atoms with van der Waals surface area (Å²) in [6.07, 6.45) is 9.01. The van der Waals surface area contributed by atoms with Crippen LogP contribution in [-0.2, 0) is 0 Å². The van der Waals surface area contributed by atoms with Crippen LogP contribution in [0.3, 0.4) is 0 Å². The predicted molar refractivity (Wildman–Crippen MR) is 92.2 cm³/mol. The summed E-state index contributed by atoms with van der Waals surface area (Å²) in [5.41, 5.74) is 1.13. The van der Waals surface area contributed by atoms with Crippen molar-refractivity contribution in [1.82, 2.24) is 9.97 Å². The minimum atomic E-state index is 0.824. The second-order valence-electron chi connectivity index (χ2n) is 5.71. The van der Waals surface area contributed by atoms with E-state index in [9.17, 15) is 0 Å². The highest BCUT2D eigenvalue weighted by molar-refractivity contribution is 5.57. The first-order chi connectivity index (χ1) is 10.2. The average molecular weight is 292 g/mol. The fourth-order valence-electron chi connectivity index (χ4n) is 2.33. The molecule has 1 heterocycles. The number of nitrogens with zero attached hydrogens (tertiary/aromatic N) is 2. The number of unbranched alkanes of at least 4 members (excludes halogenated alkanes) is 5. The van der Waals surface area contributed by atoms with Gasteiger partial charge in [0.1, 0.15) is 17.5 Å². The molecule has 4 nitrogen and oxygen atoms in total. The third kappa shape index (κ3) is 6.78. The van der Waals surface area contributed by atoms with Crippen molar-refractivity contribution in [3.8, 4) is 0 Å². The van der Waals surface area contributed by atoms with E-state index in [4.69, 9.17) is 0 Å². The van der Waals surface area contributed by atoms with E-state index in [-0.39, 0.29) is 0 Å². The lowest BCUT2D eigenvalue weighted by Gasteiger charge is -2.14. The highest BCUT2D eigenvalue weighted by Crippen LogP contribution is 2.20. The van der Waals surface area contributed by atoms with Gasteiger partial charge in [-0.1, -0.05) is 46.0 Å². The molecule has 1 rings (SSSR count). The summed E-state index contributed by atoms with van der Waals surface area (Å²) in [5, 5.41) is 6.85. The topological polar surface area (TPSA) is 49.8 Å². The Balaban J connectivity index is 2.41. The SMILES string of the molecule is CCCCCCCCNc1nc(C)nc(NCCC)c1C. The quantitative estimate of drug-likeness (QED) is 0.581. The summed E-state index contributed by atoms with van der Waals surface area (Å²) in [6.45, 7) is 10.4. The van der Waals surface area contributed by atoms with Crippen molar-refractivity contribution >= 4 is 11.6 Å². The van der Waals surface area contributed by atoms with E-state index in [2.05, 4.69) is 41.4 Å². The monoisotopic (exact) mass is 292 g/mol. The summed E-state index contributed by atoms with van der Waals surface area (Å²) in [4.78, 5) is 9.01. The van der Waals surface area contributed by atoms with Crippen LogP contribution in [0.1, 0.15) is 70.2 Å². The molecule has 1 aromatic heterocycles. The molecular weight excluding hydrogens is 260 g/mol. The molecule has 0 amide bonds. The fraction of sp³-hybridized carbons (Fsp3) is 0.765. The van der Waals surface area contributed by atoms with Crippen LogP contribution in [0.4, 0.5) is 11.6 Å². The molecule has 0 aromatic carbocycles. The van der Waals surface area contributed by atoms with E-state index in [1.807, 2.05) is 6.92 Å². The number of nitrogens with one attached hydrogen (secondary N) is 2. The van der Waals surface area contributed by atoms with Crippen LogP contribution in [-0.4, -0.2) is 23.1 Å². The van der Waals surface area contributed by atoms with Crippen molar-refractivity contribution in [3.05, 3.63) is 11.4 Å². The zero-order valence-corrected chi connectivity index (χ0v) is 14.3. The Morgan fingerprint density at radius 3 is 1.90 bits per heavy atom. The molecule has 0 aliphatic rings. The van der Waals surface area contributed by atoms with Gasteiger partial charge in [-0.2, -0.15) is 0 Å². The van der Waals surface area contributed by atoms with E-state index >= 15 is 0 Å². The Morgan fingerprint density at radius 1 is 0.714 bits per heavy atom. The Bertz CT molecular complexity index is 404. The van der Waals surface area contributed by atoms with Gasteiger partial charge in [-0.3, -0.25) is 0 Å². The number of rotatable bonds is 11. The summed E-state index contributed by atoms with van der Waals surface area (Å²) in [5.74, 6) is 2.77. The van der Waals surface area contributed by atoms with Gasteiger partial charge in [-0.15, -0.1) is 0 Å². The normalized spacial score (nSPS) is 10.7. The molecule has 120 valence electrons. The Hall–Kier alpha value is -1.32. The highest BCUT2D eigenvalue weighted by Gasteiger charge is 2.08. The maximum Gasteiger partial charge on any atom is 0.134 e. The highest BCUT2D eigenvalue weighted by atomic mass is 15.1. The third-order valence-electron chi connectivity index (χ3n) is 3.62. The first-order valence-corrected chi connectivity index (χ1v) is 8.52. The fourth-order valence-corrected chi connectivity index (χ4v) is 2.33. The van der Waals surface area contributed by atoms with Crippen molar-refractivity contribution in [3.63, 3.8) is 0 Å². The van der Waals surface area contributed by atoms with Gasteiger partial charge in [0.05, 0.1) is 0 Å². The van der Waals surface area contributed by atoms with Crippen LogP contribution in [0.15, 0.2) is 0 Å². The van der Waals surface area contributed by atoms with E-state index in [1.54, 1.807) is 0 Å². The van der Waals surface area contributed by atoms with E-state index < -0.39 is 0 Å². The molecule has 0 saturated heterocycles. The van der Waals surface area contributed by atoms with Gasteiger partial charge in [0.25, 0.3) is 0 Å². The van der Waals surface area contributed by atoms with Gasteiger partial charge in [-0.25, -0.2) is 9.97 Å². The van der Waals surface area contributed by atoms with Crippen molar-refractivity contribution in [2.45, 2.75) is 72.6 Å². The molecule has 0 saturated carbocycles. The van der Waals surface area contributed by atoms with Crippen molar-refractivity contribution in [2.24, 2.45) is 0 Å². The minimum absolute atomic E-state index is 0.824. The van der Waals surface area contributed by atoms with E-state index in [0.29, 0.717) is 0 Å².